The summed E-state index contributed by atoms with van der Waals surface area (Å²) in [5.74, 6) is -0.403. The standard InChI is InChI=1S/C21H23N3O2/c1-16(25)22-20(14-17-8-4-2-5-9-17)21(26)24-13-12-19(15-24)23-18-10-6-3-7-11-18/h2-11,14,19,23H,12-13,15H2,1H3,(H,22,25)/b20-14-/t19-/m1/s1. The minimum Gasteiger partial charge on any atom is -0.380 e. The Morgan fingerprint density at radius 3 is 2.35 bits per heavy atom. The highest BCUT2D eigenvalue weighted by Crippen LogP contribution is 2.18. The minimum atomic E-state index is -0.251. The van der Waals surface area contributed by atoms with E-state index in [1.165, 1.54) is 6.92 Å². The van der Waals surface area contributed by atoms with E-state index in [0.29, 0.717) is 18.8 Å². The van der Waals surface area contributed by atoms with Gasteiger partial charge in [-0.2, -0.15) is 0 Å². The van der Waals surface area contributed by atoms with Crippen molar-refractivity contribution in [3.8, 4) is 0 Å². The lowest BCUT2D eigenvalue weighted by atomic mass is 10.2. The smallest absolute Gasteiger partial charge is 0.270 e. The fourth-order valence-electron chi connectivity index (χ4n) is 3.06. The molecule has 5 heteroatoms. The number of para-hydroxylation sites is 1. The molecule has 1 saturated heterocycles. The van der Waals surface area contributed by atoms with E-state index in [9.17, 15) is 9.59 Å². The minimum absolute atomic E-state index is 0.151. The SMILES string of the molecule is CC(=O)N/C(=C\c1ccccc1)C(=O)N1CC[C@@H](Nc2ccccc2)C1. The lowest BCUT2D eigenvalue weighted by Gasteiger charge is -2.19. The van der Waals surface area contributed by atoms with Crippen molar-refractivity contribution in [1.82, 2.24) is 10.2 Å². The Morgan fingerprint density at radius 1 is 1.04 bits per heavy atom. The van der Waals surface area contributed by atoms with Crippen LogP contribution in [0.15, 0.2) is 66.4 Å². The van der Waals surface area contributed by atoms with E-state index < -0.39 is 0 Å². The van der Waals surface area contributed by atoms with Gasteiger partial charge in [0.05, 0.1) is 0 Å². The lowest BCUT2D eigenvalue weighted by Crippen LogP contribution is -2.37. The Kier molecular flexibility index (Phi) is 5.69. The first-order chi connectivity index (χ1) is 12.6. The summed E-state index contributed by atoms with van der Waals surface area (Å²) in [5, 5.41) is 6.13. The third kappa shape index (κ3) is 4.72. The Hall–Kier alpha value is -3.08. The number of nitrogens with zero attached hydrogens (tertiary/aromatic N) is 1. The van der Waals surface area contributed by atoms with Gasteiger partial charge in [-0.3, -0.25) is 9.59 Å². The molecule has 1 fully saturated rings. The van der Waals surface area contributed by atoms with Crippen LogP contribution in [0.3, 0.4) is 0 Å². The van der Waals surface area contributed by atoms with Gasteiger partial charge >= 0.3 is 0 Å². The molecular weight excluding hydrogens is 326 g/mol. The molecule has 2 aromatic rings. The van der Waals surface area contributed by atoms with Crippen molar-refractivity contribution in [2.75, 3.05) is 18.4 Å². The molecule has 0 spiro atoms. The van der Waals surface area contributed by atoms with Crippen molar-refractivity contribution in [2.24, 2.45) is 0 Å². The predicted molar refractivity (Wildman–Crippen MR) is 103 cm³/mol. The van der Waals surface area contributed by atoms with Crippen LogP contribution >= 0.6 is 0 Å². The van der Waals surface area contributed by atoms with E-state index in [-0.39, 0.29) is 17.9 Å². The molecule has 0 aliphatic carbocycles. The highest BCUT2D eigenvalue weighted by molar-refractivity contribution is 6.01. The molecule has 134 valence electrons. The molecule has 0 aromatic heterocycles. The Balaban J connectivity index is 1.69. The van der Waals surface area contributed by atoms with Crippen LogP contribution in [-0.4, -0.2) is 35.8 Å². The second-order valence-corrected chi connectivity index (χ2v) is 6.40. The average Bonchev–Trinajstić information content (AvgIpc) is 3.10. The number of anilines is 1. The van der Waals surface area contributed by atoms with Crippen molar-refractivity contribution in [1.29, 1.82) is 0 Å². The fourth-order valence-corrected chi connectivity index (χ4v) is 3.06. The average molecular weight is 349 g/mol. The zero-order chi connectivity index (χ0) is 18.4. The van der Waals surface area contributed by atoms with E-state index in [0.717, 1.165) is 17.7 Å². The maximum atomic E-state index is 12.9. The van der Waals surface area contributed by atoms with Gasteiger partial charge < -0.3 is 15.5 Å². The number of rotatable bonds is 5. The number of hydrogen-bond acceptors (Lipinski definition) is 3. The number of hydrogen-bond donors (Lipinski definition) is 2. The van der Waals surface area contributed by atoms with Crippen LogP contribution < -0.4 is 10.6 Å². The van der Waals surface area contributed by atoms with Crippen LogP contribution in [0.2, 0.25) is 0 Å². The third-order valence-corrected chi connectivity index (χ3v) is 4.27. The van der Waals surface area contributed by atoms with E-state index in [4.69, 9.17) is 0 Å². The third-order valence-electron chi connectivity index (χ3n) is 4.27. The van der Waals surface area contributed by atoms with Gasteiger partial charge in [0.1, 0.15) is 5.70 Å². The van der Waals surface area contributed by atoms with Gasteiger partial charge in [0.15, 0.2) is 0 Å². The molecule has 0 unspecified atom stereocenters. The molecule has 5 nitrogen and oxygen atoms in total. The first-order valence-corrected chi connectivity index (χ1v) is 8.77. The van der Waals surface area contributed by atoms with E-state index in [2.05, 4.69) is 10.6 Å². The van der Waals surface area contributed by atoms with Gasteiger partial charge in [-0.25, -0.2) is 0 Å². The first-order valence-electron chi connectivity index (χ1n) is 8.77. The number of carbonyl (C=O) groups excluding carboxylic acids is 2. The Morgan fingerprint density at radius 2 is 1.69 bits per heavy atom. The fraction of sp³-hybridized carbons (Fsp3) is 0.238. The van der Waals surface area contributed by atoms with Crippen molar-refractivity contribution in [2.45, 2.75) is 19.4 Å². The summed E-state index contributed by atoms with van der Waals surface area (Å²) in [7, 11) is 0. The van der Waals surface area contributed by atoms with Crippen LogP contribution in [0, 0.1) is 0 Å². The van der Waals surface area contributed by atoms with Crippen LogP contribution in [0.1, 0.15) is 18.9 Å². The summed E-state index contributed by atoms with van der Waals surface area (Å²) < 4.78 is 0. The summed E-state index contributed by atoms with van der Waals surface area (Å²) in [6, 6.07) is 19.7. The molecule has 0 radical (unpaired) electrons. The number of carbonyl (C=O) groups is 2. The van der Waals surface area contributed by atoms with Crippen LogP contribution in [0.25, 0.3) is 6.08 Å². The lowest BCUT2D eigenvalue weighted by molar-refractivity contribution is -0.128. The molecule has 1 atom stereocenters. The second-order valence-electron chi connectivity index (χ2n) is 6.40. The Labute approximate surface area is 153 Å². The molecule has 0 bridgehead atoms. The van der Waals surface area contributed by atoms with Crippen LogP contribution in [0.5, 0.6) is 0 Å². The molecule has 26 heavy (non-hydrogen) atoms. The van der Waals surface area contributed by atoms with Gasteiger partial charge in [-0.05, 0) is 30.2 Å². The normalized spacial score (nSPS) is 17.0. The zero-order valence-electron chi connectivity index (χ0n) is 14.8. The van der Waals surface area contributed by atoms with E-state index in [1.54, 1.807) is 11.0 Å². The van der Waals surface area contributed by atoms with Crippen molar-refractivity contribution < 1.29 is 9.59 Å². The van der Waals surface area contributed by atoms with E-state index >= 15 is 0 Å². The van der Waals surface area contributed by atoms with Gasteiger partial charge in [0.2, 0.25) is 5.91 Å². The highest BCUT2D eigenvalue weighted by Gasteiger charge is 2.28. The van der Waals surface area contributed by atoms with Crippen LogP contribution in [0.4, 0.5) is 5.69 Å². The molecule has 1 heterocycles. The van der Waals surface area contributed by atoms with Crippen molar-refractivity contribution in [3.05, 3.63) is 71.9 Å². The maximum absolute atomic E-state index is 12.9. The molecular formula is C21H23N3O2. The molecule has 2 aromatic carbocycles. The quantitative estimate of drug-likeness (QED) is 0.816. The molecule has 0 saturated carbocycles. The van der Waals surface area contributed by atoms with Gasteiger partial charge in [0.25, 0.3) is 5.91 Å². The number of benzene rings is 2. The van der Waals surface area contributed by atoms with Gasteiger partial charge in [0, 0.05) is 31.7 Å². The zero-order valence-corrected chi connectivity index (χ0v) is 14.8. The van der Waals surface area contributed by atoms with Crippen LogP contribution in [-0.2, 0) is 9.59 Å². The highest BCUT2D eigenvalue weighted by atomic mass is 16.2. The van der Waals surface area contributed by atoms with Gasteiger partial charge in [-0.1, -0.05) is 48.5 Å². The van der Waals surface area contributed by atoms with Crippen molar-refractivity contribution in [3.63, 3.8) is 0 Å². The molecule has 1 aliphatic rings. The largest absolute Gasteiger partial charge is 0.380 e. The molecule has 3 rings (SSSR count). The summed E-state index contributed by atoms with van der Waals surface area (Å²) in [5.41, 5.74) is 2.24. The number of amides is 2. The van der Waals surface area contributed by atoms with E-state index in [1.807, 2.05) is 60.7 Å². The summed E-state index contributed by atoms with van der Waals surface area (Å²) in [6.45, 7) is 2.68. The van der Waals surface area contributed by atoms with Crippen molar-refractivity contribution >= 4 is 23.6 Å². The topological polar surface area (TPSA) is 61.4 Å². The monoisotopic (exact) mass is 349 g/mol. The summed E-state index contributed by atoms with van der Waals surface area (Å²) in [4.78, 5) is 26.2. The number of likely N-dealkylation sites (tertiary alicyclic amines) is 1. The number of nitrogens with one attached hydrogen (secondary N) is 2. The molecule has 1 aliphatic heterocycles. The molecule has 2 amide bonds. The maximum Gasteiger partial charge on any atom is 0.270 e. The first kappa shape index (κ1) is 17.7. The molecule has 2 N–H and O–H groups in total. The summed E-state index contributed by atoms with van der Waals surface area (Å²) >= 11 is 0. The Bertz CT molecular complexity index is 787. The van der Waals surface area contributed by atoms with Gasteiger partial charge in [-0.15, -0.1) is 0 Å². The summed E-state index contributed by atoms with van der Waals surface area (Å²) in [6.07, 6.45) is 2.60. The predicted octanol–water partition coefficient (Wildman–Crippen LogP) is 2.88. The second kappa shape index (κ2) is 8.34.